The van der Waals surface area contributed by atoms with Crippen LogP contribution in [0.1, 0.15) is 25.3 Å². The lowest BCUT2D eigenvalue weighted by atomic mass is 10.2. The SMILES string of the molecule is CCC[C@@H](N)C(=O)OCc1ccc(OC)cc1. The molecule has 0 fully saturated rings. The Morgan fingerprint density at radius 3 is 2.53 bits per heavy atom. The number of carbonyl (C=O) groups excluding carboxylic acids is 1. The number of methoxy groups -OCH3 is 1. The summed E-state index contributed by atoms with van der Waals surface area (Å²) < 4.78 is 10.1. The summed E-state index contributed by atoms with van der Waals surface area (Å²) in [5.74, 6) is 0.436. The van der Waals surface area contributed by atoms with Crippen molar-refractivity contribution in [1.82, 2.24) is 0 Å². The summed E-state index contributed by atoms with van der Waals surface area (Å²) in [6, 6.07) is 6.86. The lowest BCUT2D eigenvalue weighted by molar-refractivity contribution is -0.146. The van der Waals surface area contributed by atoms with Crippen LogP contribution >= 0.6 is 0 Å². The minimum absolute atomic E-state index is 0.250. The van der Waals surface area contributed by atoms with Gasteiger partial charge < -0.3 is 15.2 Å². The first-order chi connectivity index (χ1) is 8.17. The first-order valence-electron chi connectivity index (χ1n) is 5.72. The third-order valence-electron chi connectivity index (χ3n) is 2.44. The monoisotopic (exact) mass is 237 g/mol. The molecule has 1 atom stereocenters. The second-order valence-corrected chi connectivity index (χ2v) is 3.85. The van der Waals surface area contributed by atoms with Gasteiger partial charge in [-0.15, -0.1) is 0 Å². The molecule has 2 N–H and O–H groups in total. The van der Waals surface area contributed by atoms with Gasteiger partial charge in [0.15, 0.2) is 0 Å². The van der Waals surface area contributed by atoms with E-state index < -0.39 is 6.04 Å². The minimum Gasteiger partial charge on any atom is -0.497 e. The van der Waals surface area contributed by atoms with Crippen LogP contribution in [0.5, 0.6) is 5.75 Å². The van der Waals surface area contributed by atoms with Gasteiger partial charge >= 0.3 is 5.97 Å². The molecule has 0 aromatic heterocycles. The molecule has 1 aromatic rings. The van der Waals surface area contributed by atoms with Gasteiger partial charge in [-0.25, -0.2) is 0 Å². The highest BCUT2D eigenvalue weighted by atomic mass is 16.5. The fourth-order valence-corrected chi connectivity index (χ4v) is 1.41. The topological polar surface area (TPSA) is 61.6 Å². The van der Waals surface area contributed by atoms with Crippen molar-refractivity contribution < 1.29 is 14.3 Å². The van der Waals surface area contributed by atoms with Crippen LogP contribution in [0.15, 0.2) is 24.3 Å². The fraction of sp³-hybridized carbons (Fsp3) is 0.462. The Labute approximate surface area is 102 Å². The number of esters is 1. The summed E-state index contributed by atoms with van der Waals surface area (Å²) in [5.41, 5.74) is 6.56. The highest BCUT2D eigenvalue weighted by Crippen LogP contribution is 2.12. The van der Waals surface area contributed by atoms with Crippen LogP contribution in [-0.4, -0.2) is 19.1 Å². The number of rotatable bonds is 6. The van der Waals surface area contributed by atoms with Crippen molar-refractivity contribution in [3.05, 3.63) is 29.8 Å². The maximum absolute atomic E-state index is 11.5. The van der Waals surface area contributed by atoms with Crippen molar-refractivity contribution in [2.45, 2.75) is 32.4 Å². The van der Waals surface area contributed by atoms with Gasteiger partial charge in [0.1, 0.15) is 18.4 Å². The number of hydrogen-bond donors (Lipinski definition) is 1. The molecule has 94 valence electrons. The Hall–Kier alpha value is -1.55. The Kier molecular flexibility index (Phi) is 5.49. The summed E-state index contributed by atoms with van der Waals surface area (Å²) in [6.45, 7) is 2.23. The molecule has 0 aliphatic rings. The smallest absolute Gasteiger partial charge is 0.323 e. The molecule has 0 bridgehead atoms. The third kappa shape index (κ3) is 4.44. The summed E-state index contributed by atoms with van der Waals surface area (Å²) >= 11 is 0. The molecule has 0 unspecified atom stereocenters. The van der Waals surface area contributed by atoms with Gasteiger partial charge in [0.2, 0.25) is 0 Å². The number of ether oxygens (including phenoxy) is 2. The van der Waals surface area contributed by atoms with E-state index in [4.69, 9.17) is 15.2 Å². The zero-order chi connectivity index (χ0) is 12.7. The van der Waals surface area contributed by atoms with Gasteiger partial charge in [-0.05, 0) is 24.1 Å². The molecule has 1 aromatic carbocycles. The van der Waals surface area contributed by atoms with E-state index in [0.29, 0.717) is 6.42 Å². The maximum atomic E-state index is 11.5. The molecule has 0 amide bonds. The molecule has 0 spiro atoms. The van der Waals surface area contributed by atoms with Crippen LogP contribution < -0.4 is 10.5 Å². The van der Waals surface area contributed by atoms with E-state index in [0.717, 1.165) is 17.7 Å². The second-order valence-electron chi connectivity index (χ2n) is 3.85. The quantitative estimate of drug-likeness (QED) is 0.767. The van der Waals surface area contributed by atoms with Crippen molar-refractivity contribution in [3.63, 3.8) is 0 Å². The number of carbonyl (C=O) groups is 1. The number of nitrogens with two attached hydrogens (primary N) is 1. The molecule has 0 saturated heterocycles. The van der Waals surface area contributed by atoms with Crippen LogP contribution in [-0.2, 0) is 16.1 Å². The van der Waals surface area contributed by atoms with Gasteiger partial charge in [-0.1, -0.05) is 25.5 Å². The molecule has 0 aliphatic heterocycles. The normalized spacial score (nSPS) is 11.9. The molecule has 0 saturated carbocycles. The van der Waals surface area contributed by atoms with Crippen LogP contribution in [0.25, 0.3) is 0 Å². The molecule has 0 heterocycles. The molecule has 4 heteroatoms. The van der Waals surface area contributed by atoms with E-state index in [2.05, 4.69) is 0 Å². The molecular weight excluding hydrogens is 218 g/mol. The zero-order valence-corrected chi connectivity index (χ0v) is 10.3. The number of hydrogen-bond acceptors (Lipinski definition) is 4. The van der Waals surface area contributed by atoms with Gasteiger partial charge in [0.05, 0.1) is 7.11 Å². The first kappa shape index (κ1) is 13.5. The van der Waals surface area contributed by atoms with E-state index in [9.17, 15) is 4.79 Å². The Morgan fingerprint density at radius 2 is 2.00 bits per heavy atom. The van der Waals surface area contributed by atoms with Crippen molar-refractivity contribution >= 4 is 5.97 Å². The van der Waals surface area contributed by atoms with Crippen molar-refractivity contribution in [2.75, 3.05) is 7.11 Å². The molecular formula is C13H19NO3. The average Bonchev–Trinajstić information content (AvgIpc) is 2.36. The van der Waals surface area contributed by atoms with Gasteiger partial charge in [-0.2, -0.15) is 0 Å². The van der Waals surface area contributed by atoms with Crippen molar-refractivity contribution in [1.29, 1.82) is 0 Å². The van der Waals surface area contributed by atoms with E-state index in [-0.39, 0.29) is 12.6 Å². The highest BCUT2D eigenvalue weighted by Gasteiger charge is 2.13. The molecule has 1 rings (SSSR count). The first-order valence-corrected chi connectivity index (χ1v) is 5.72. The molecule has 4 nitrogen and oxygen atoms in total. The molecule has 0 radical (unpaired) electrons. The van der Waals surface area contributed by atoms with Crippen molar-refractivity contribution in [3.8, 4) is 5.75 Å². The number of benzene rings is 1. The Bertz CT molecular complexity index is 348. The van der Waals surface area contributed by atoms with Gasteiger partial charge in [0.25, 0.3) is 0 Å². The Morgan fingerprint density at radius 1 is 1.35 bits per heavy atom. The zero-order valence-electron chi connectivity index (χ0n) is 10.3. The molecule has 0 aliphatic carbocycles. The standard InChI is InChI=1S/C13H19NO3/c1-3-4-12(14)13(15)17-9-10-5-7-11(16-2)8-6-10/h5-8,12H,3-4,9,14H2,1-2H3/t12-/m1/s1. The van der Waals surface area contributed by atoms with E-state index in [1.165, 1.54) is 0 Å². The minimum atomic E-state index is -0.516. The highest BCUT2D eigenvalue weighted by molar-refractivity contribution is 5.75. The average molecular weight is 237 g/mol. The van der Waals surface area contributed by atoms with Crippen LogP contribution in [0.3, 0.4) is 0 Å². The van der Waals surface area contributed by atoms with Gasteiger partial charge in [-0.3, -0.25) is 4.79 Å². The largest absolute Gasteiger partial charge is 0.497 e. The Balaban J connectivity index is 2.41. The van der Waals surface area contributed by atoms with E-state index >= 15 is 0 Å². The van der Waals surface area contributed by atoms with Gasteiger partial charge in [0, 0.05) is 0 Å². The van der Waals surface area contributed by atoms with Crippen molar-refractivity contribution in [2.24, 2.45) is 5.73 Å². The molecule has 17 heavy (non-hydrogen) atoms. The predicted molar refractivity (Wildman–Crippen MR) is 65.7 cm³/mol. The fourth-order valence-electron chi connectivity index (χ4n) is 1.41. The van der Waals surface area contributed by atoms with Crippen LogP contribution in [0.4, 0.5) is 0 Å². The maximum Gasteiger partial charge on any atom is 0.323 e. The summed E-state index contributed by atoms with van der Waals surface area (Å²) in [7, 11) is 1.61. The van der Waals surface area contributed by atoms with E-state index in [1.807, 2.05) is 31.2 Å². The lowest BCUT2D eigenvalue weighted by Crippen LogP contribution is -2.31. The third-order valence-corrected chi connectivity index (χ3v) is 2.44. The summed E-state index contributed by atoms with van der Waals surface area (Å²) in [4.78, 5) is 11.5. The second kappa shape index (κ2) is 6.91. The van der Waals surface area contributed by atoms with Crippen LogP contribution in [0, 0.1) is 0 Å². The predicted octanol–water partition coefficient (Wildman–Crippen LogP) is 1.87. The van der Waals surface area contributed by atoms with E-state index in [1.54, 1.807) is 7.11 Å². The summed E-state index contributed by atoms with van der Waals surface area (Å²) in [5, 5.41) is 0. The lowest BCUT2D eigenvalue weighted by Gasteiger charge is -2.10. The van der Waals surface area contributed by atoms with Crippen LogP contribution in [0.2, 0.25) is 0 Å². The summed E-state index contributed by atoms with van der Waals surface area (Å²) in [6.07, 6.45) is 1.53.